The molecule has 1 aliphatic rings. The van der Waals surface area contributed by atoms with Crippen LogP contribution in [-0.2, 0) is 14.3 Å². The molecule has 1 aliphatic carbocycles. The average molecular weight is 550 g/mol. The minimum atomic E-state index is -0.581. The number of methoxy groups -OCH3 is 1. The third-order valence-corrected chi connectivity index (χ3v) is 6.25. The maximum absolute atomic E-state index is 13.1. The van der Waals surface area contributed by atoms with Gasteiger partial charge in [0.15, 0.2) is 0 Å². The molecule has 0 saturated heterocycles. The molecule has 38 heavy (non-hydrogen) atoms. The third-order valence-electron chi connectivity index (χ3n) is 4.96. The molecule has 9 heteroatoms. The number of aryl methyl sites for hydroxylation is 1. The Balaban J connectivity index is 0.000000586. The number of likely N-dealkylation sites (N-methyl/N-ethyl adjacent to an activating group) is 1. The SMILES string of the molecule is C=C(/C=C\C)C(=O)OC.CN=CN(F)C(=O)CSC(NC)C1=CCCCC1.Cc1ccc(OC(C)C)cc1. The molecule has 1 atom stereocenters. The molecule has 0 heterocycles. The summed E-state index contributed by atoms with van der Waals surface area (Å²) >= 11 is 1.42. The largest absolute Gasteiger partial charge is 0.491 e. The number of allylic oxidation sites excluding steroid dienone is 2. The van der Waals surface area contributed by atoms with Gasteiger partial charge in [-0.3, -0.25) is 9.79 Å². The lowest BCUT2D eigenvalue weighted by Gasteiger charge is -2.22. The summed E-state index contributed by atoms with van der Waals surface area (Å²) in [6, 6.07) is 8.10. The molecule has 0 spiro atoms. The van der Waals surface area contributed by atoms with Gasteiger partial charge < -0.3 is 14.8 Å². The highest BCUT2D eigenvalue weighted by Gasteiger charge is 2.18. The standard InChI is InChI=1S/C12H20FN3OS.C10H14O.C7H10O2/c1-14-9-16(13)11(17)8-18-12(15-2)10-6-4-3-5-7-10;1-8(2)11-10-6-4-9(3)5-7-10;1-4-5-6(2)7(8)9-3/h6,9,12,15H,3-5,7-8H2,1-2H3;4-8H,1-3H3;4-5H,2H2,1,3H3/b;;5-4-. The van der Waals surface area contributed by atoms with E-state index in [1.807, 2.05) is 40.0 Å². The zero-order chi connectivity index (χ0) is 28.9. The number of nitrogens with one attached hydrogen (secondary N) is 1. The van der Waals surface area contributed by atoms with E-state index in [4.69, 9.17) is 4.74 Å². The van der Waals surface area contributed by atoms with Crippen molar-refractivity contribution in [2.45, 2.75) is 64.9 Å². The molecule has 1 N–H and O–H groups in total. The van der Waals surface area contributed by atoms with E-state index in [9.17, 15) is 14.1 Å². The number of thioether (sulfide) groups is 1. The molecule has 0 bridgehead atoms. The molecule has 0 saturated carbocycles. The van der Waals surface area contributed by atoms with Crippen molar-refractivity contribution in [3.63, 3.8) is 0 Å². The van der Waals surface area contributed by atoms with Crippen LogP contribution in [0.5, 0.6) is 5.75 Å². The van der Waals surface area contributed by atoms with Gasteiger partial charge in [0.05, 0.1) is 29.9 Å². The number of carbonyl (C=O) groups is 2. The Kier molecular flexibility index (Phi) is 19.5. The maximum atomic E-state index is 13.1. The first-order valence-electron chi connectivity index (χ1n) is 12.6. The summed E-state index contributed by atoms with van der Waals surface area (Å²) in [5.41, 5.74) is 2.96. The van der Waals surface area contributed by atoms with Crippen molar-refractivity contribution < 1.29 is 23.5 Å². The number of hydrogen-bond donors (Lipinski definition) is 1. The van der Waals surface area contributed by atoms with Gasteiger partial charge in [0.2, 0.25) is 0 Å². The summed E-state index contributed by atoms with van der Waals surface area (Å²) < 4.78 is 22.9. The first-order valence-corrected chi connectivity index (χ1v) is 13.7. The lowest BCUT2D eigenvalue weighted by molar-refractivity contribution is -0.135. The second kappa shape index (κ2) is 21.1. The van der Waals surface area contributed by atoms with Crippen molar-refractivity contribution in [2.75, 3.05) is 27.0 Å². The predicted molar refractivity (Wildman–Crippen MR) is 157 cm³/mol. The number of benzene rings is 1. The van der Waals surface area contributed by atoms with Crippen LogP contribution >= 0.6 is 11.8 Å². The highest BCUT2D eigenvalue weighted by molar-refractivity contribution is 8.00. The topological polar surface area (TPSA) is 80.2 Å². The van der Waals surface area contributed by atoms with E-state index in [2.05, 4.69) is 46.8 Å². The van der Waals surface area contributed by atoms with Crippen molar-refractivity contribution in [2.24, 2.45) is 4.99 Å². The van der Waals surface area contributed by atoms with Crippen LogP contribution in [0.4, 0.5) is 4.48 Å². The zero-order valence-corrected chi connectivity index (χ0v) is 24.6. The summed E-state index contributed by atoms with van der Waals surface area (Å²) in [6.07, 6.45) is 11.3. The van der Waals surface area contributed by atoms with E-state index < -0.39 is 5.91 Å². The summed E-state index contributed by atoms with van der Waals surface area (Å²) in [5, 5.41) is 3.30. The Morgan fingerprint density at radius 2 is 1.92 bits per heavy atom. The fourth-order valence-electron chi connectivity index (χ4n) is 3.15. The Morgan fingerprint density at radius 1 is 1.26 bits per heavy atom. The monoisotopic (exact) mass is 549 g/mol. The van der Waals surface area contributed by atoms with E-state index in [1.54, 1.807) is 12.2 Å². The van der Waals surface area contributed by atoms with Crippen molar-refractivity contribution >= 4 is 30.0 Å². The van der Waals surface area contributed by atoms with E-state index in [0.29, 0.717) is 5.57 Å². The Hall–Kier alpha value is -2.91. The maximum Gasteiger partial charge on any atom is 0.337 e. The zero-order valence-electron chi connectivity index (χ0n) is 23.8. The first kappa shape index (κ1) is 35.1. The third kappa shape index (κ3) is 16.0. The molecule has 0 fully saturated rings. The van der Waals surface area contributed by atoms with Gasteiger partial charge in [0, 0.05) is 7.05 Å². The van der Waals surface area contributed by atoms with Crippen molar-refractivity contribution in [1.82, 2.24) is 10.4 Å². The number of esters is 1. The number of aliphatic imine (C=N–C) groups is 1. The van der Waals surface area contributed by atoms with Crippen LogP contribution in [-0.4, -0.2) is 61.8 Å². The van der Waals surface area contributed by atoms with Crippen LogP contribution in [0.2, 0.25) is 0 Å². The molecule has 0 aromatic heterocycles. The van der Waals surface area contributed by atoms with Gasteiger partial charge in [-0.05, 0) is 78.1 Å². The molecular weight excluding hydrogens is 505 g/mol. The van der Waals surface area contributed by atoms with Gasteiger partial charge in [-0.15, -0.1) is 16.9 Å². The minimum absolute atomic E-state index is 0.0367. The normalized spacial score (nSPS) is 13.6. The predicted octanol–water partition coefficient (Wildman–Crippen LogP) is 6.21. The number of amides is 1. The van der Waals surface area contributed by atoms with Crippen LogP contribution in [0.15, 0.2) is 65.2 Å². The number of hydrogen-bond acceptors (Lipinski definition) is 7. The van der Waals surface area contributed by atoms with Crippen LogP contribution in [0.25, 0.3) is 0 Å². The Bertz CT molecular complexity index is 930. The van der Waals surface area contributed by atoms with Gasteiger partial charge in [0.25, 0.3) is 5.91 Å². The highest BCUT2D eigenvalue weighted by Crippen LogP contribution is 2.26. The molecule has 1 amide bonds. The fraction of sp³-hybridized carbons (Fsp3) is 0.483. The minimum Gasteiger partial charge on any atom is -0.491 e. The number of halogens is 1. The number of nitrogens with zero attached hydrogens (tertiary/aromatic N) is 2. The van der Waals surface area contributed by atoms with E-state index in [0.717, 1.165) is 24.9 Å². The van der Waals surface area contributed by atoms with Crippen LogP contribution in [0.3, 0.4) is 0 Å². The smallest absolute Gasteiger partial charge is 0.337 e. The molecule has 1 aromatic carbocycles. The molecule has 212 valence electrons. The van der Waals surface area contributed by atoms with Gasteiger partial charge in [-0.2, -0.15) is 0 Å². The van der Waals surface area contributed by atoms with Crippen molar-refractivity contribution in [3.8, 4) is 5.75 Å². The Morgan fingerprint density at radius 3 is 2.39 bits per heavy atom. The van der Waals surface area contributed by atoms with Gasteiger partial charge in [0.1, 0.15) is 12.1 Å². The molecule has 0 aliphatic heterocycles. The quantitative estimate of drug-likeness (QED) is 0.0546. The van der Waals surface area contributed by atoms with Crippen LogP contribution in [0.1, 0.15) is 52.0 Å². The van der Waals surface area contributed by atoms with Crippen molar-refractivity contribution in [3.05, 3.63) is 65.8 Å². The highest BCUT2D eigenvalue weighted by atomic mass is 32.2. The lowest BCUT2D eigenvalue weighted by Crippen LogP contribution is -2.29. The number of ether oxygens (including phenoxy) is 2. The molecular formula is C29H44FN3O4S. The fourth-order valence-corrected chi connectivity index (χ4v) is 4.18. The number of rotatable bonds is 10. The average Bonchev–Trinajstić information content (AvgIpc) is 2.91. The molecule has 1 unspecified atom stereocenters. The van der Waals surface area contributed by atoms with Gasteiger partial charge >= 0.3 is 5.97 Å². The Labute approximate surface area is 232 Å². The van der Waals surface area contributed by atoms with Crippen LogP contribution < -0.4 is 10.1 Å². The molecule has 1 aromatic rings. The second-order valence-corrected chi connectivity index (χ2v) is 9.67. The van der Waals surface area contributed by atoms with E-state index in [-0.39, 0.29) is 28.3 Å². The number of carbonyl (C=O) groups excluding carboxylic acids is 2. The van der Waals surface area contributed by atoms with E-state index >= 15 is 0 Å². The van der Waals surface area contributed by atoms with Gasteiger partial charge in [-0.25, -0.2) is 4.79 Å². The summed E-state index contributed by atoms with van der Waals surface area (Å²) in [7, 11) is 4.62. The van der Waals surface area contributed by atoms with Gasteiger partial charge in [-0.1, -0.05) is 47.0 Å². The summed E-state index contributed by atoms with van der Waals surface area (Å²) in [6.45, 7) is 11.4. The molecule has 7 nitrogen and oxygen atoms in total. The summed E-state index contributed by atoms with van der Waals surface area (Å²) in [4.78, 5) is 25.4. The lowest BCUT2D eigenvalue weighted by atomic mass is 9.99. The van der Waals surface area contributed by atoms with E-state index in [1.165, 1.54) is 49.9 Å². The summed E-state index contributed by atoms with van der Waals surface area (Å²) in [5.74, 6) is 0.0895. The second-order valence-electron chi connectivity index (χ2n) is 8.58. The van der Waals surface area contributed by atoms with Crippen molar-refractivity contribution in [1.29, 1.82) is 0 Å². The van der Waals surface area contributed by atoms with Crippen LogP contribution in [0, 0.1) is 6.92 Å². The first-order chi connectivity index (χ1) is 18.1. The molecule has 0 radical (unpaired) electrons. The molecule has 2 rings (SSSR count).